The van der Waals surface area contributed by atoms with E-state index >= 15 is 0 Å². The van der Waals surface area contributed by atoms with Gasteiger partial charge in [0.05, 0.1) is 4.88 Å². The molecule has 0 N–H and O–H groups in total. The topological polar surface area (TPSA) is 17.1 Å². The number of carbonyl (C=O) groups excluding carboxylic acids is 1. The Hall–Kier alpha value is -0.150. The first-order valence-corrected chi connectivity index (χ1v) is 10.6. The van der Waals surface area contributed by atoms with Crippen molar-refractivity contribution >= 4 is 33.6 Å². The number of hydrogen-bond acceptors (Lipinski definition) is 2. The van der Waals surface area contributed by atoms with Crippen molar-refractivity contribution in [3.05, 3.63) is 20.3 Å². The van der Waals surface area contributed by atoms with Gasteiger partial charge in [-0.1, -0.05) is 77.6 Å². The van der Waals surface area contributed by atoms with Crippen LogP contribution in [0.3, 0.4) is 0 Å². The number of halogens is 1. The second-order valence-corrected chi connectivity index (χ2v) is 8.20. The third-order valence-electron chi connectivity index (χ3n) is 4.15. The van der Waals surface area contributed by atoms with Crippen LogP contribution in [-0.4, -0.2) is 6.29 Å². The summed E-state index contributed by atoms with van der Waals surface area (Å²) in [5, 5.41) is 0. The van der Waals surface area contributed by atoms with E-state index in [2.05, 4.69) is 28.9 Å². The fourth-order valence-corrected chi connectivity index (χ4v) is 4.45. The van der Waals surface area contributed by atoms with Crippen molar-refractivity contribution in [2.24, 2.45) is 0 Å². The highest BCUT2D eigenvalue weighted by Gasteiger charge is 2.05. The maximum Gasteiger partial charge on any atom is 0.161 e. The quantitative estimate of drug-likeness (QED) is 0.238. The lowest BCUT2D eigenvalue weighted by Crippen LogP contribution is -1.84. The zero-order chi connectivity index (χ0) is 16.0. The van der Waals surface area contributed by atoms with Crippen LogP contribution in [0.2, 0.25) is 0 Å². The van der Waals surface area contributed by atoms with Gasteiger partial charge in [-0.2, -0.15) is 0 Å². The third kappa shape index (κ3) is 9.09. The van der Waals surface area contributed by atoms with Crippen LogP contribution in [0.4, 0.5) is 0 Å². The standard InChI is InChI=1S/C19H31BrOS/c1-2-3-4-5-6-7-8-9-10-11-12-13-14-17-15-18(20)19(16-21)22-17/h15-16H,2-14H2,1H3. The average molecular weight is 387 g/mol. The Bertz CT molecular complexity index is 400. The SMILES string of the molecule is CCCCCCCCCCCCCCc1cc(Br)c(C=O)s1. The van der Waals surface area contributed by atoms with Crippen LogP contribution in [0.1, 0.15) is 98.5 Å². The van der Waals surface area contributed by atoms with E-state index in [0.717, 1.165) is 22.1 Å². The summed E-state index contributed by atoms with van der Waals surface area (Å²) < 4.78 is 0.960. The van der Waals surface area contributed by atoms with Gasteiger partial charge in [-0.05, 0) is 34.8 Å². The summed E-state index contributed by atoms with van der Waals surface area (Å²) in [7, 11) is 0. The molecule has 22 heavy (non-hydrogen) atoms. The van der Waals surface area contributed by atoms with Crippen LogP contribution in [0.15, 0.2) is 10.5 Å². The average Bonchev–Trinajstić information content (AvgIpc) is 2.88. The highest BCUT2D eigenvalue weighted by molar-refractivity contribution is 9.10. The third-order valence-corrected chi connectivity index (χ3v) is 6.19. The molecule has 0 aromatic carbocycles. The highest BCUT2D eigenvalue weighted by Crippen LogP contribution is 2.27. The summed E-state index contributed by atoms with van der Waals surface area (Å²) in [6.07, 6.45) is 18.7. The van der Waals surface area contributed by atoms with E-state index in [0.29, 0.717) is 0 Å². The number of carbonyl (C=O) groups is 1. The fourth-order valence-electron chi connectivity index (χ4n) is 2.78. The summed E-state index contributed by atoms with van der Waals surface area (Å²) in [5.41, 5.74) is 0. The number of rotatable bonds is 14. The van der Waals surface area contributed by atoms with Crippen LogP contribution in [-0.2, 0) is 6.42 Å². The number of unbranched alkanes of at least 4 members (excludes halogenated alkanes) is 11. The Labute approximate surface area is 149 Å². The van der Waals surface area contributed by atoms with Crippen molar-refractivity contribution in [1.82, 2.24) is 0 Å². The molecule has 1 heterocycles. The maximum atomic E-state index is 10.8. The van der Waals surface area contributed by atoms with Gasteiger partial charge < -0.3 is 0 Å². The predicted molar refractivity (Wildman–Crippen MR) is 102 cm³/mol. The second kappa shape index (κ2) is 13.3. The Morgan fingerprint density at radius 1 is 0.909 bits per heavy atom. The molecular formula is C19H31BrOS. The van der Waals surface area contributed by atoms with E-state index in [4.69, 9.17) is 0 Å². The van der Waals surface area contributed by atoms with Gasteiger partial charge in [-0.25, -0.2) is 0 Å². The highest BCUT2D eigenvalue weighted by atomic mass is 79.9. The molecule has 126 valence electrons. The summed E-state index contributed by atoms with van der Waals surface area (Å²) in [6.45, 7) is 2.28. The van der Waals surface area contributed by atoms with Crippen LogP contribution in [0, 0.1) is 0 Å². The lowest BCUT2D eigenvalue weighted by molar-refractivity contribution is 0.112. The minimum Gasteiger partial charge on any atom is -0.297 e. The lowest BCUT2D eigenvalue weighted by Gasteiger charge is -2.02. The van der Waals surface area contributed by atoms with Crippen LogP contribution in [0.5, 0.6) is 0 Å². The molecule has 0 aliphatic carbocycles. The van der Waals surface area contributed by atoms with Crippen molar-refractivity contribution in [3.8, 4) is 0 Å². The molecule has 0 fully saturated rings. The molecule has 0 atom stereocenters. The minimum atomic E-state index is 0.828. The largest absolute Gasteiger partial charge is 0.297 e. The van der Waals surface area contributed by atoms with Gasteiger partial charge >= 0.3 is 0 Å². The molecule has 0 unspecified atom stereocenters. The van der Waals surface area contributed by atoms with Crippen molar-refractivity contribution in [1.29, 1.82) is 0 Å². The van der Waals surface area contributed by atoms with Gasteiger partial charge in [0.15, 0.2) is 6.29 Å². The van der Waals surface area contributed by atoms with E-state index in [-0.39, 0.29) is 0 Å². The van der Waals surface area contributed by atoms with E-state index in [1.54, 1.807) is 11.3 Å². The number of aldehydes is 1. The van der Waals surface area contributed by atoms with Crippen molar-refractivity contribution < 1.29 is 4.79 Å². The molecule has 0 saturated carbocycles. The van der Waals surface area contributed by atoms with Gasteiger partial charge in [0.1, 0.15) is 0 Å². The predicted octanol–water partition coefficient (Wildman–Crippen LogP) is 7.57. The molecule has 1 rings (SSSR count). The van der Waals surface area contributed by atoms with Crippen LogP contribution in [0.25, 0.3) is 0 Å². The molecule has 1 aromatic heterocycles. The molecule has 0 bridgehead atoms. The molecule has 0 saturated heterocycles. The first kappa shape index (κ1) is 19.9. The van der Waals surface area contributed by atoms with E-state index in [9.17, 15) is 4.79 Å². The summed E-state index contributed by atoms with van der Waals surface area (Å²) in [4.78, 5) is 13.0. The van der Waals surface area contributed by atoms with Gasteiger partial charge in [-0.15, -0.1) is 11.3 Å². The molecule has 0 aliphatic rings. The van der Waals surface area contributed by atoms with Crippen LogP contribution >= 0.6 is 27.3 Å². The van der Waals surface area contributed by atoms with Gasteiger partial charge in [0.2, 0.25) is 0 Å². The Balaban J connectivity index is 1.88. The molecular weight excluding hydrogens is 356 g/mol. The molecule has 3 heteroatoms. The first-order chi connectivity index (χ1) is 10.8. The fraction of sp³-hybridized carbons (Fsp3) is 0.737. The summed E-state index contributed by atoms with van der Waals surface area (Å²) in [6, 6.07) is 2.10. The molecule has 1 nitrogen and oxygen atoms in total. The van der Waals surface area contributed by atoms with Crippen LogP contribution < -0.4 is 0 Å². The molecule has 0 amide bonds. The number of hydrogen-bond donors (Lipinski definition) is 0. The normalized spacial score (nSPS) is 11.0. The molecule has 0 spiro atoms. The number of aryl methyl sites for hydroxylation is 1. The molecule has 0 aliphatic heterocycles. The summed E-state index contributed by atoms with van der Waals surface area (Å²) in [5.74, 6) is 0. The molecule has 0 radical (unpaired) electrons. The molecule has 1 aromatic rings. The Kier molecular flexibility index (Phi) is 12.0. The zero-order valence-corrected chi connectivity index (χ0v) is 16.4. The maximum absolute atomic E-state index is 10.8. The van der Waals surface area contributed by atoms with Crippen molar-refractivity contribution in [2.75, 3.05) is 0 Å². The van der Waals surface area contributed by atoms with E-state index in [1.807, 2.05) is 0 Å². The minimum absolute atomic E-state index is 0.828. The Morgan fingerprint density at radius 2 is 1.41 bits per heavy atom. The van der Waals surface area contributed by atoms with E-state index < -0.39 is 0 Å². The smallest absolute Gasteiger partial charge is 0.161 e. The van der Waals surface area contributed by atoms with Gasteiger partial charge in [0, 0.05) is 9.35 Å². The lowest BCUT2D eigenvalue weighted by atomic mass is 10.0. The zero-order valence-electron chi connectivity index (χ0n) is 14.0. The van der Waals surface area contributed by atoms with Gasteiger partial charge in [-0.3, -0.25) is 4.79 Å². The van der Waals surface area contributed by atoms with Crippen molar-refractivity contribution in [3.63, 3.8) is 0 Å². The second-order valence-electron chi connectivity index (χ2n) is 6.18. The monoisotopic (exact) mass is 386 g/mol. The first-order valence-electron chi connectivity index (χ1n) is 9.01. The Morgan fingerprint density at radius 3 is 1.86 bits per heavy atom. The van der Waals surface area contributed by atoms with Crippen molar-refractivity contribution in [2.45, 2.75) is 90.4 Å². The summed E-state index contributed by atoms with van der Waals surface area (Å²) >= 11 is 5.06. The van der Waals surface area contributed by atoms with E-state index in [1.165, 1.54) is 81.9 Å². The van der Waals surface area contributed by atoms with Gasteiger partial charge in [0.25, 0.3) is 0 Å². The number of thiophene rings is 1.